The highest BCUT2D eigenvalue weighted by molar-refractivity contribution is 7.14. The lowest BCUT2D eigenvalue weighted by Crippen LogP contribution is -2.46. The Morgan fingerprint density at radius 1 is 1.42 bits per heavy atom. The summed E-state index contributed by atoms with van der Waals surface area (Å²) in [6.07, 6.45) is 4.70. The number of thiophene rings is 1. The molecule has 0 N–H and O–H groups in total. The maximum Gasteiger partial charge on any atom is 0.264 e. The zero-order valence-corrected chi connectivity index (χ0v) is 15.6. The first-order valence-electron chi connectivity index (χ1n) is 8.69. The summed E-state index contributed by atoms with van der Waals surface area (Å²) in [6, 6.07) is 6.17. The molecule has 1 saturated heterocycles. The summed E-state index contributed by atoms with van der Waals surface area (Å²) < 4.78 is 5.51. The van der Waals surface area contributed by atoms with Crippen molar-refractivity contribution in [3.8, 4) is 0 Å². The Bertz CT molecular complexity index is 670. The molecule has 3 rings (SSSR count). The van der Waals surface area contributed by atoms with Crippen molar-refractivity contribution in [1.82, 2.24) is 9.80 Å². The summed E-state index contributed by atoms with van der Waals surface area (Å²) >= 11 is 1.64. The van der Waals surface area contributed by atoms with Gasteiger partial charge in [-0.1, -0.05) is 6.92 Å². The van der Waals surface area contributed by atoms with Crippen molar-refractivity contribution in [2.75, 3.05) is 20.1 Å². The fourth-order valence-corrected chi connectivity index (χ4v) is 4.43. The van der Waals surface area contributed by atoms with Crippen molar-refractivity contribution in [2.45, 2.75) is 45.7 Å². The van der Waals surface area contributed by atoms with Crippen LogP contribution in [0.2, 0.25) is 0 Å². The topological polar surface area (TPSA) is 36.7 Å². The highest BCUT2D eigenvalue weighted by Crippen LogP contribution is 2.27. The Morgan fingerprint density at radius 2 is 2.17 bits per heavy atom. The summed E-state index contributed by atoms with van der Waals surface area (Å²) in [5, 5.41) is 0. The van der Waals surface area contributed by atoms with E-state index in [0.29, 0.717) is 6.54 Å². The van der Waals surface area contributed by atoms with Gasteiger partial charge in [0.05, 0.1) is 17.7 Å². The van der Waals surface area contributed by atoms with Gasteiger partial charge in [0.15, 0.2) is 0 Å². The van der Waals surface area contributed by atoms with Crippen LogP contribution in [0.4, 0.5) is 0 Å². The minimum Gasteiger partial charge on any atom is -0.467 e. The zero-order valence-electron chi connectivity index (χ0n) is 14.7. The lowest BCUT2D eigenvalue weighted by atomic mass is 10.0. The molecule has 0 unspecified atom stereocenters. The van der Waals surface area contributed by atoms with Crippen LogP contribution < -0.4 is 0 Å². The van der Waals surface area contributed by atoms with Gasteiger partial charge >= 0.3 is 0 Å². The standard InChI is InChI=1S/C19H26N2O2S/c1-4-17-14(2)12-18(24-17)19(22)21(13-16-6-5-11-23-16)15-7-9-20(3)10-8-15/h5-6,11-12,15H,4,7-10,13H2,1-3H3. The molecule has 3 heterocycles. The number of likely N-dealkylation sites (tertiary alicyclic amines) is 1. The number of furan rings is 1. The van der Waals surface area contributed by atoms with Gasteiger partial charge in [-0.2, -0.15) is 0 Å². The summed E-state index contributed by atoms with van der Waals surface area (Å²) in [5.41, 5.74) is 1.23. The van der Waals surface area contributed by atoms with Crippen LogP contribution in [0.15, 0.2) is 28.9 Å². The molecule has 0 aliphatic carbocycles. The molecule has 1 aliphatic heterocycles. The van der Waals surface area contributed by atoms with Crippen LogP contribution in [0.5, 0.6) is 0 Å². The highest BCUT2D eigenvalue weighted by Gasteiger charge is 2.29. The Hall–Kier alpha value is -1.59. The van der Waals surface area contributed by atoms with Crippen LogP contribution in [0, 0.1) is 6.92 Å². The lowest BCUT2D eigenvalue weighted by Gasteiger charge is -2.36. The van der Waals surface area contributed by atoms with Crippen LogP contribution in [0.1, 0.15) is 45.6 Å². The number of aryl methyl sites for hydroxylation is 2. The van der Waals surface area contributed by atoms with Gasteiger partial charge in [0.2, 0.25) is 0 Å². The molecular formula is C19H26N2O2S. The summed E-state index contributed by atoms with van der Waals surface area (Å²) in [7, 11) is 2.14. The second-order valence-corrected chi connectivity index (χ2v) is 7.75. The van der Waals surface area contributed by atoms with Crippen LogP contribution >= 0.6 is 11.3 Å². The third-order valence-corrected chi connectivity index (χ3v) is 6.22. The van der Waals surface area contributed by atoms with E-state index in [0.717, 1.165) is 43.0 Å². The molecule has 2 aromatic heterocycles. The quantitative estimate of drug-likeness (QED) is 0.822. The van der Waals surface area contributed by atoms with Gasteiger partial charge in [0.25, 0.3) is 5.91 Å². The summed E-state index contributed by atoms with van der Waals surface area (Å²) in [6.45, 7) is 6.87. The SMILES string of the molecule is CCc1sc(C(=O)N(Cc2ccco2)C2CCN(C)CC2)cc1C. The minimum atomic E-state index is 0.147. The number of hydrogen-bond donors (Lipinski definition) is 0. The van der Waals surface area contributed by atoms with E-state index in [-0.39, 0.29) is 11.9 Å². The van der Waals surface area contributed by atoms with E-state index in [1.807, 2.05) is 17.0 Å². The van der Waals surface area contributed by atoms with Gasteiger partial charge in [0, 0.05) is 10.9 Å². The van der Waals surface area contributed by atoms with E-state index in [4.69, 9.17) is 4.42 Å². The van der Waals surface area contributed by atoms with Gasteiger partial charge in [-0.05, 0) is 70.1 Å². The second kappa shape index (κ2) is 7.53. The third kappa shape index (κ3) is 3.73. The molecule has 0 saturated carbocycles. The molecule has 5 heteroatoms. The fourth-order valence-electron chi connectivity index (χ4n) is 3.36. The van der Waals surface area contributed by atoms with E-state index in [1.54, 1.807) is 17.6 Å². The van der Waals surface area contributed by atoms with E-state index in [9.17, 15) is 4.79 Å². The number of carbonyl (C=O) groups excluding carboxylic acids is 1. The Balaban J connectivity index is 1.83. The van der Waals surface area contributed by atoms with Gasteiger partial charge in [-0.15, -0.1) is 11.3 Å². The van der Waals surface area contributed by atoms with Crippen molar-refractivity contribution < 1.29 is 9.21 Å². The van der Waals surface area contributed by atoms with Gasteiger partial charge < -0.3 is 14.2 Å². The van der Waals surface area contributed by atoms with E-state index in [2.05, 4.69) is 31.9 Å². The number of rotatable bonds is 5. The first-order valence-corrected chi connectivity index (χ1v) is 9.51. The molecule has 0 atom stereocenters. The largest absolute Gasteiger partial charge is 0.467 e. The summed E-state index contributed by atoms with van der Waals surface area (Å²) in [4.78, 5) is 19.7. The van der Waals surface area contributed by atoms with Crippen LogP contribution in [0.25, 0.3) is 0 Å². The molecule has 0 spiro atoms. The molecular weight excluding hydrogens is 320 g/mol. The second-order valence-electron chi connectivity index (χ2n) is 6.62. The van der Waals surface area contributed by atoms with Crippen LogP contribution in [-0.4, -0.2) is 41.9 Å². The number of nitrogens with zero attached hydrogens (tertiary/aromatic N) is 2. The van der Waals surface area contributed by atoms with Crippen molar-refractivity contribution >= 4 is 17.2 Å². The first kappa shape index (κ1) is 17.2. The van der Waals surface area contributed by atoms with Gasteiger partial charge in [0.1, 0.15) is 5.76 Å². The molecule has 2 aromatic rings. The van der Waals surface area contributed by atoms with Gasteiger partial charge in [-0.3, -0.25) is 4.79 Å². The van der Waals surface area contributed by atoms with Crippen molar-refractivity contribution in [1.29, 1.82) is 0 Å². The Morgan fingerprint density at radius 3 is 2.75 bits per heavy atom. The Labute approximate surface area is 148 Å². The Kier molecular flexibility index (Phi) is 5.41. The van der Waals surface area contributed by atoms with E-state index in [1.165, 1.54) is 10.4 Å². The average Bonchev–Trinajstić information content (AvgIpc) is 3.22. The lowest BCUT2D eigenvalue weighted by molar-refractivity contribution is 0.0555. The maximum atomic E-state index is 13.2. The predicted octanol–water partition coefficient (Wildman–Crippen LogP) is 3.95. The molecule has 0 radical (unpaired) electrons. The third-order valence-electron chi connectivity index (χ3n) is 4.85. The van der Waals surface area contributed by atoms with Crippen molar-refractivity contribution in [2.24, 2.45) is 0 Å². The molecule has 130 valence electrons. The smallest absolute Gasteiger partial charge is 0.264 e. The van der Waals surface area contributed by atoms with Crippen molar-refractivity contribution in [3.05, 3.63) is 45.5 Å². The monoisotopic (exact) mass is 346 g/mol. The number of hydrogen-bond acceptors (Lipinski definition) is 4. The van der Waals surface area contributed by atoms with Crippen LogP contribution in [0.3, 0.4) is 0 Å². The highest BCUT2D eigenvalue weighted by atomic mass is 32.1. The minimum absolute atomic E-state index is 0.147. The van der Waals surface area contributed by atoms with E-state index < -0.39 is 0 Å². The molecule has 1 amide bonds. The molecule has 0 bridgehead atoms. The van der Waals surface area contributed by atoms with Crippen molar-refractivity contribution in [3.63, 3.8) is 0 Å². The number of piperidine rings is 1. The maximum absolute atomic E-state index is 13.2. The molecule has 0 aromatic carbocycles. The summed E-state index contributed by atoms with van der Waals surface area (Å²) in [5.74, 6) is 1.00. The predicted molar refractivity (Wildman–Crippen MR) is 97.5 cm³/mol. The first-order chi connectivity index (χ1) is 11.6. The molecule has 1 fully saturated rings. The van der Waals surface area contributed by atoms with E-state index >= 15 is 0 Å². The number of carbonyl (C=O) groups is 1. The normalized spacial score (nSPS) is 16.5. The number of amides is 1. The van der Waals surface area contributed by atoms with Gasteiger partial charge in [-0.25, -0.2) is 0 Å². The zero-order chi connectivity index (χ0) is 17.1. The van der Waals surface area contributed by atoms with Crippen LogP contribution in [-0.2, 0) is 13.0 Å². The average molecular weight is 346 g/mol. The molecule has 4 nitrogen and oxygen atoms in total. The fraction of sp³-hybridized carbons (Fsp3) is 0.526. The molecule has 1 aliphatic rings. The molecule has 24 heavy (non-hydrogen) atoms.